The van der Waals surface area contributed by atoms with Gasteiger partial charge in [-0.3, -0.25) is 4.79 Å². The Hall–Kier alpha value is -2.11. The van der Waals surface area contributed by atoms with Gasteiger partial charge in [0.1, 0.15) is 17.7 Å². The molecule has 2 aromatic carbocycles. The molecule has 1 atom stereocenters. The van der Waals surface area contributed by atoms with Crippen LogP contribution < -0.4 is 4.74 Å². The Bertz CT molecular complexity index is 755. The normalized spacial score (nSPS) is 17.2. The third kappa shape index (κ3) is 4.74. The van der Waals surface area contributed by atoms with Crippen LogP contribution in [0, 0.1) is 5.82 Å². The molecular weight excluding hydrogens is 357 g/mol. The van der Waals surface area contributed by atoms with Crippen LogP contribution >= 0.6 is 11.6 Å². The van der Waals surface area contributed by atoms with Crippen LogP contribution in [0.5, 0.6) is 5.75 Å². The molecule has 1 aliphatic heterocycles. The minimum Gasteiger partial charge on any atom is -0.492 e. The van der Waals surface area contributed by atoms with E-state index in [1.54, 1.807) is 35.2 Å². The minimum atomic E-state index is -0.423. The van der Waals surface area contributed by atoms with Crippen molar-refractivity contribution in [1.82, 2.24) is 4.90 Å². The number of carbonyl (C=O) groups excluding carboxylic acids is 1. The van der Waals surface area contributed by atoms with Crippen LogP contribution in [0.15, 0.2) is 48.5 Å². The van der Waals surface area contributed by atoms with E-state index >= 15 is 0 Å². The minimum absolute atomic E-state index is 0.0254. The van der Waals surface area contributed by atoms with Gasteiger partial charge in [0.25, 0.3) is 0 Å². The Morgan fingerprint density at radius 1 is 1.23 bits per heavy atom. The zero-order valence-electron chi connectivity index (χ0n) is 14.4. The van der Waals surface area contributed by atoms with E-state index in [1.165, 1.54) is 6.07 Å². The Morgan fingerprint density at radius 3 is 2.81 bits per heavy atom. The van der Waals surface area contributed by atoms with E-state index in [0.29, 0.717) is 55.5 Å². The molecule has 0 saturated carbocycles. The smallest absolute Gasteiger partial charge is 0.222 e. The highest BCUT2D eigenvalue weighted by Crippen LogP contribution is 2.25. The van der Waals surface area contributed by atoms with Crippen molar-refractivity contribution in [2.45, 2.75) is 18.9 Å². The number of halogens is 2. The Morgan fingerprint density at radius 2 is 2.00 bits per heavy atom. The average Bonchev–Trinajstić information content (AvgIpc) is 2.67. The molecular formula is C20H21ClFNO3. The molecule has 0 bridgehead atoms. The van der Waals surface area contributed by atoms with E-state index in [4.69, 9.17) is 21.1 Å². The van der Waals surface area contributed by atoms with Crippen LogP contribution in [-0.4, -0.2) is 37.1 Å². The van der Waals surface area contributed by atoms with E-state index in [2.05, 4.69) is 0 Å². The lowest BCUT2D eigenvalue weighted by atomic mass is 10.1. The number of carbonyl (C=O) groups is 1. The summed E-state index contributed by atoms with van der Waals surface area (Å²) < 4.78 is 25.2. The molecule has 4 nitrogen and oxygen atoms in total. The maximum atomic E-state index is 13.9. The van der Waals surface area contributed by atoms with Gasteiger partial charge in [0.05, 0.1) is 24.8 Å². The molecule has 1 aliphatic rings. The van der Waals surface area contributed by atoms with Crippen LogP contribution in [0.25, 0.3) is 0 Å². The molecule has 1 heterocycles. The fraction of sp³-hybridized carbons (Fsp3) is 0.350. The predicted octanol–water partition coefficient (Wildman–Crippen LogP) is 4.24. The monoisotopic (exact) mass is 377 g/mol. The summed E-state index contributed by atoms with van der Waals surface area (Å²) in [4.78, 5) is 14.2. The first kappa shape index (κ1) is 18.7. The quantitative estimate of drug-likeness (QED) is 0.707. The van der Waals surface area contributed by atoms with Gasteiger partial charge in [-0.15, -0.1) is 0 Å². The second-order valence-corrected chi connectivity index (χ2v) is 6.51. The number of morpholine rings is 1. The highest BCUT2D eigenvalue weighted by atomic mass is 35.5. The Balaban J connectivity index is 1.47. The van der Waals surface area contributed by atoms with Crippen LogP contribution in [0.3, 0.4) is 0 Å². The molecule has 1 amide bonds. The zero-order chi connectivity index (χ0) is 18.4. The van der Waals surface area contributed by atoms with Crippen molar-refractivity contribution >= 4 is 17.5 Å². The third-order valence-corrected chi connectivity index (χ3v) is 4.61. The zero-order valence-corrected chi connectivity index (χ0v) is 15.1. The molecule has 1 unspecified atom stereocenters. The molecule has 3 rings (SSSR count). The molecule has 0 aliphatic carbocycles. The van der Waals surface area contributed by atoms with Crippen molar-refractivity contribution in [3.63, 3.8) is 0 Å². The molecule has 6 heteroatoms. The Kier molecular flexibility index (Phi) is 6.47. The molecule has 138 valence electrons. The number of para-hydroxylation sites is 1. The van der Waals surface area contributed by atoms with Crippen molar-refractivity contribution in [1.29, 1.82) is 0 Å². The lowest BCUT2D eigenvalue weighted by molar-refractivity contribution is -0.139. The maximum absolute atomic E-state index is 13.9. The van der Waals surface area contributed by atoms with Crippen LogP contribution in [0.2, 0.25) is 5.02 Å². The number of hydrogen-bond donors (Lipinski definition) is 0. The third-order valence-electron chi connectivity index (χ3n) is 4.30. The number of hydrogen-bond acceptors (Lipinski definition) is 3. The molecule has 1 fully saturated rings. The van der Waals surface area contributed by atoms with E-state index in [1.807, 2.05) is 12.1 Å². The highest BCUT2D eigenvalue weighted by Gasteiger charge is 2.26. The van der Waals surface area contributed by atoms with Crippen molar-refractivity contribution in [3.8, 4) is 5.75 Å². The van der Waals surface area contributed by atoms with E-state index in [9.17, 15) is 9.18 Å². The first-order chi connectivity index (χ1) is 12.6. The summed E-state index contributed by atoms with van der Waals surface area (Å²) in [6.45, 7) is 1.71. The second kappa shape index (κ2) is 9.01. The Labute approximate surface area is 157 Å². The van der Waals surface area contributed by atoms with Gasteiger partial charge in [-0.2, -0.15) is 0 Å². The summed E-state index contributed by atoms with van der Waals surface area (Å²) in [5, 5.41) is 0.555. The molecule has 0 spiro atoms. The summed E-state index contributed by atoms with van der Waals surface area (Å²) in [6, 6.07) is 13.8. The van der Waals surface area contributed by atoms with Crippen molar-refractivity contribution in [3.05, 3.63) is 64.9 Å². The first-order valence-electron chi connectivity index (χ1n) is 8.66. The van der Waals surface area contributed by atoms with Gasteiger partial charge in [0.2, 0.25) is 5.91 Å². The average molecular weight is 378 g/mol. The van der Waals surface area contributed by atoms with E-state index in [0.717, 1.165) is 0 Å². The molecule has 26 heavy (non-hydrogen) atoms. The number of rotatable bonds is 6. The summed E-state index contributed by atoms with van der Waals surface area (Å²) in [7, 11) is 0. The van der Waals surface area contributed by atoms with Gasteiger partial charge in [0.15, 0.2) is 0 Å². The van der Waals surface area contributed by atoms with Crippen molar-refractivity contribution in [2.24, 2.45) is 0 Å². The number of benzene rings is 2. The van der Waals surface area contributed by atoms with Gasteiger partial charge in [0, 0.05) is 18.5 Å². The van der Waals surface area contributed by atoms with Gasteiger partial charge in [-0.1, -0.05) is 41.9 Å². The lowest BCUT2D eigenvalue weighted by Crippen LogP contribution is -2.42. The number of nitrogens with zero attached hydrogens (tertiary/aromatic N) is 1. The van der Waals surface area contributed by atoms with Gasteiger partial charge >= 0.3 is 0 Å². The molecule has 1 saturated heterocycles. The number of ether oxygens (including phenoxy) is 2. The van der Waals surface area contributed by atoms with E-state index < -0.39 is 6.10 Å². The van der Waals surface area contributed by atoms with Crippen LogP contribution in [0.1, 0.15) is 24.5 Å². The fourth-order valence-corrected chi connectivity index (χ4v) is 3.12. The molecule has 2 aromatic rings. The predicted molar refractivity (Wildman–Crippen MR) is 97.9 cm³/mol. The van der Waals surface area contributed by atoms with E-state index in [-0.39, 0.29) is 11.7 Å². The van der Waals surface area contributed by atoms with Gasteiger partial charge in [-0.25, -0.2) is 4.39 Å². The summed E-state index contributed by atoms with van der Waals surface area (Å²) in [6.07, 6.45) is 0.536. The lowest BCUT2D eigenvalue weighted by Gasteiger charge is -2.33. The van der Waals surface area contributed by atoms with Crippen molar-refractivity contribution < 1.29 is 18.7 Å². The van der Waals surface area contributed by atoms with Gasteiger partial charge in [-0.05, 0) is 24.6 Å². The number of amides is 1. The largest absolute Gasteiger partial charge is 0.492 e. The van der Waals surface area contributed by atoms with Crippen LogP contribution in [-0.2, 0) is 9.53 Å². The summed E-state index contributed by atoms with van der Waals surface area (Å²) >= 11 is 6.03. The van der Waals surface area contributed by atoms with Crippen LogP contribution in [0.4, 0.5) is 4.39 Å². The van der Waals surface area contributed by atoms with Gasteiger partial charge < -0.3 is 14.4 Å². The first-order valence-corrected chi connectivity index (χ1v) is 9.04. The summed E-state index contributed by atoms with van der Waals surface area (Å²) in [5.74, 6) is 0.338. The SMILES string of the molecule is O=C(CCCOc1ccccc1Cl)N1CCOC(c2ccccc2F)C1. The topological polar surface area (TPSA) is 38.8 Å². The second-order valence-electron chi connectivity index (χ2n) is 6.10. The van der Waals surface area contributed by atoms with Crippen molar-refractivity contribution in [2.75, 3.05) is 26.3 Å². The molecule has 0 radical (unpaired) electrons. The maximum Gasteiger partial charge on any atom is 0.222 e. The molecule has 0 aromatic heterocycles. The fourth-order valence-electron chi connectivity index (χ4n) is 2.93. The summed E-state index contributed by atoms with van der Waals surface area (Å²) in [5.41, 5.74) is 0.493. The molecule has 0 N–H and O–H groups in total. The standard InChI is InChI=1S/C20H21ClFNO3/c21-16-7-2-4-9-18(16)25-12-5-10-20(24)23-11-13-26-19(14-23)15-6-1-3-8-17(15)22/h1-4,6-9,19H,5,10-14H2. The highest BCUT2D eigenvalue weighted by molar-refractivity contribution is 6.32.